The molecule has 9 unspecified atom stereocenters. The number of piperazine rings is 3. The van der Waals surface area contributed by atoms with Crippen LogP contribution in [0, 0.1) is 5.92 Å². The van der Waals surface area contributed by atoms with Crippen molar-refractivity contribution < 1.29 is 43.1 Å². The number of hydrogen-bond acceptors (Lipinski definition) is 15. The lowest BCUT2D eigenvalue weighted by atomic mass is 10.1. The number of aliphatic hydroxyl groups is 1. The molecule has 7 saturated heterocycles. The van der Waals surface area contributed by atoms with Crippen LogP contribution in [0.4, 0.5) is 38.0 Å². The number of carbonyl (C=O) groups excluding carboxylic acids is 7. The Morgan fingerprint density at radius 3 is 1.07 bits per heavy atom. The Bertz CT molecular complexity index is 3050. The predicted molar refractivity (Wildman–Crippen MR) is 514 cm³/mol. The molecule has 0 aliphatic carbocycles. The summed E-state index contributed by atoms with van der Waals surface area (Å²) in [5.41, 5.74) is 0. The number of rotatable bonds is 21. The molecule has 0 saturated carbocycles. The summed E-state index contributed by atoms with van der Waals surface area (Å²) >= 11 is 0. The predicted octanol–water partition coefficient (Wildman–Crippen LogP) is 13.0. The molecule has 124 heavy (non-hydrogen) atoms. The third-order valence-corrected chi connectivity index (χ3v) is 27.5. The van der Waals surface area contributed by atoms with Crippen LogP contribution in [0.5, 0.6) is 0 Å². The number of urea groups is 7. The Balaban J connectivity index is 0.000000724. The van der Waals surface area contributed by atoms with Gasteiger partial charge in [-0.05, 0) is 274 Å². The number of likely N-dealkylation sites (N-methyl/N-ethyl adjacent to an activating group) is 3. The Morgan fingerprint density at radius 2 is 0.685 bits per heavy atom. The van der Waals surface area contributed by atoms with Crippen LogP contribution < -0.4 is 0 Å². The van der Waals surface area contributed by atoms with Crippen molar-refractivity contribution in [2.24, 2.45) is 5.92 Å². The molecule has 7 fully saturated rings. The second-order valence-electron chi connectivity index (χ2n) is 40.8. The van der Waals surface area contributed by atoms with Crippen molar-refractivity contribution in [1.29, 1.82) is 0 Å². The molecule has 0 radical (unpaired) electrons. The number of carbonyl (C=O) groups is 7. The molecule has 730 valence electrons. The highest BCUT2D eigenvalue weighted by Crippen LogP contribution is 2.28. The van der Waals surface area contributed by atoms with Crippen molar-refractivity contribution in [2.45, 2.75) is 373 Å². The molecule has 0 aromatic heterocycles. The maximum Gasteiger partial charge on any atom is 0.320 e. The van der Waals surface area contributed by atoms with Gasteiger partial charge in [0.05, 0.1) is 12.6 Å². The van der Waals surface area contributed by atoms with Crippen LogP contribution in [0.3, 0.4) is 0 Å². The fourth-order valence-corrected chi connectivity index (χ4v) is 15.9. The van der Waals surface area contributed by atoms with Crippen LogP contribution in [0.15, 0.2) is 0 Å². The first-order valence-electron chi connectivity index (χ1n) is 47.8. The molecule has 7 aliphatic heterocycles. The van der Waals surface area contributed by atoms with Gasteiger partial charge in [-0.25, -0.2) is 38.0 Å². The fraction of sp³-hybridized carbons (Fsp3) is 0.926. The maximum absolute atomic E-state index is 14.0. The Labute approximate surface area is 759 Å². The van der Waals surface area contributed by atoms with E-state index >= 15 is 0 Å². The topological polar surface area (TPSA) is 208 Å². The van der Waals surface area contributed by atoms with Crippen molar-refractivity contribution in [3.8, 4) is 0 Å². The highest BCUT2D eigenvalue weighted by atomic mass is 19.1. The van der Waals surface area contributed by atoms with Gasteiger partial charge in [-0.3, -0.25) is 29.4 Å². The summed E-state index contributed by atoms with van der Waals surface area (Å²) in [7, 11) is 21.4. The van der Waals surface area contributed by atoms with E-state index < -0.39 is 6.17 Å². The van der Waals surface area contributed by atoms with Gasteiger partial charge in [-0.2, -0.15) is 0 Å². The number of nitrogens with zero attached hydrogens (tertiary/aromatic N) is 21. The summed E-state index contributed by atoms with van der Waals surface area (Å²) in [6.07, 6.45) is 3.07. The van der Waals surface area contributed by atoms with Gasteiger partial charge in [0.25, 0.3) is 0 Å². The highest BCUT2D eigenvalue weighted by Gasteiger charge is 2.42. The molecular formula is C94H194FN21O8. The van der Waals surface area contributed by atoms with Gasteiger partial charge in [0.15, 0.2) is 0 Å². The molecule has 0 bridgehead atoms. The Hall–Kier alpha value is -5.50. The number of amides is 14. The third kappa shape index (κ3) is 36.4. The Morgan fingerprint density at radius 1 is 0.323 bits per heavy atom. The third-order valence-electron chi connectivity index (χ3n) is 27.5. The van der Waals surface area contributed by atoms with Gasteiger partial charge in [0.2, 0.25) is 0 Å². The molecule has 14 amide bonds. The largest absolute Gasteiger partial charge is 0.396 e. The second kappa shape index (κ2) is 55.5. The van der Waals surface area contributed by atoms with Crippen molar-refractivity contribution in [3.05, 3.63) is 0 Å². The minimum absolute atomic E-state index is 0.0766. The van der Waals surface area contributed by atoms with Crippen LogP contribution >= 0.6 is 0 Å². The first-order valence-corrected chi connectivity index (χ1v) is 47.8. The van der Waals surface area contributed by atoms with E-state index in [1.54, 1.807) is 21.7 Å². The first-order chi connectivity index (χ1) is 57.2. The number of alkyl halides is 1. The van der Waals surface area contributed by atoms with Crippen LogP contribution in [0.1, 0.15) is 240 Å². The molecule has 30 heteroatoms. The van der Waals surface area contributed by atoms with E-state index in [1.165, 1.54) is 0 Å². The zero-order valence-electron chi connectivity index (χ0n) is 87.4. The number of hydrogen-bond donors (Lipinski definition) is 1. The van der Waals surface area contributed by atoms with Crippen LogP contribution in [0.2, 0.25) is 0 Å². The average molecular weight is 1770 g/mol. The molecule has 9 atom stereocenters. The summed E-state index contributed by atoms with van der Waals surface area (Å²) in [5.74, 6) is 0.627. The summed E-state index contributed by atoms with van der Waals surface area (Å²) in [4.78, 5) is 128. The van der Waals surface area contributed by atoms with E-state index in [0.29, 0.717) is 79.4 Å². The summed E-state index contributed by atoms with van der Waals surface area (Å²) in [5, 5.41) is 9.20. The summed E-state index contributed by atoms with van der Waals surface area (Å²) in [6, 6.07) is 8.19. The van der Waals surface area contributed by atoms with E-state index in [2.05, 4.69) is 196 Å². The SMILES string of the molecule is CC(C)N(C)C(=O)N1CC(C)N(C(C)C)CC1C.CC(C)N(C)C(=O)N1CC(F)C(N(C)C(C)C)C1.CC(C)N(C)C(=O)N1CC(N(C)C(C)C)CC1C.CC(C)N(C)C(=O)N1CCC(N(C)C(C)C)C1.CC(C)N(C)C(=O)N1CCN(C(C)C)C(CCO)C1.CC(C)N(C)CC1CCN(C(=O)N(C)C(C)C)C1.CC(C)N1CCN(C(=O)N(C)C(C)C)CC1. The van der Waals surface area contributed by atoms with E-state index in [1.807, 2.05) is 177 Å². The minimum atomic E-state index is -0.957. The van der Waals surface area contributed by atoms with Gasteiger partial charge in [0, 0.05) is 281 Å². The molecule has 0 aromatic rings. The molecular weight excluding hydrogens is 1570 g/mol. The minimum Gasteiger partial charge on any atom is -0.396 e. The van der Waals surface area contributed by atoms with Crippen molar-refractivity contribution in [3.63, 3.8) is 0 Å². The van der Waals surface area contributed by atoms with E-state index in [-0.39, 0.29) is 122 Å². The highest BCUT2D eigenvalue weighted by molar-refractivity contribution is 5.78. The lowest BCUT2D eigenvalue weighted by Gasteiger charge is -2.47. The molecule has 29 nitrogen and oxygen atoms in total. The van der Waals surface area contributed by atoms with E-state index in [0.717, 1.165) is 117 Å². The second-order valence-corrected chi connectivity index (χ2v) is 40.8. The molecule has 0 aromatic carbocycles. The van der Waals surface area contributed by atoms with Crippen molar-refractivity contribution >= 4 is 42.2 Å². The van der Waals surface area contributed by atoms with Crippen LogP contribution in [0.25, 0.3) is 0 Å². The molecule has 7 aliphatic rings. The lowest BCUT2D eigenvalue weighted by molar-refractivity contribution is 0.0322. The molecule has 1 N–H and O–H groups in total. The number of aliphatic hydroxyl groups excluding tert-OH is 1. The summed E-state index contributed by atoms with van der Waals surface area (Å²) in [6.45, 7) is 79.7. The molecule has 7 rings (SSSR count). The van der Waals surface area contributed by atoms with Gasteiger partial charge < -0.3 is 78.6 Å². The average Bonchev–Trinajstić information content (AvgIpc) is 1.48. The lowest BCUT2D eigenvalue weighted by Crippen LogP contribution is -2.61. The molecule has 0 spiro atoms. The number of likely N-dealkylation sites (tertiary alicyclic amines) is 4. The zero-order valence-corrected chi connectivity index (χ0v) is 87.4. The van der Waals surface area contributed by atoms with Crippen LogP contribution in [-0.2, 0) is 0 Å². The van der Waals surface area contributed by atoms with Crippen LogP contribution in [-0.4, -0.2) is 479 Å². The van der Waals surface area contributed by atoms with E-state index in [4.69, 9.17) is 0 Å². The standard InChI is InChI=1S/C14H29N3O2.3C14H29N3O.C13H26FN3O.C13H27N3O.C12H25N3O/c1-11(2)15(5)14(19)16-7-8-17(12(3)4)13(10-16)6-9-18;1-10(2)15(7)14(18)17-9-12(5)16(11(3)4)8-13(17)6;1-10(2)15(6)13-8-12(5)17(9-13)14(18)16(7)11(3)4;1-11(2)15(5)9-13-7-8-17(10-13)14(18)16(6)12(3)4;1-9(2)15(5)12-8-17(7-11(12)14)13(18)16(6)10(3)4;1-10(2)14(5)12-7-8-16(9-12)13(17)15(6)11(3)4;1-10(2)13(5)12(16)15-8-6-14(7-9-15)11(3)4/h11-13,18H,6-10H2,1-5H3;2*10-13H,8-9H2,1-7H3;11-13H,7-10H2,1-6H3;9-12H,7-8H2,1-6H3;10-12H,7-9H2,1-6H3;10-11H,6-9H2,1-5H3. The van der Waals surface area contributed by atoms with Gasteiger partial charge in [-0.1, -0.05) is 0 Å². The van der Waals surface area contributed by atoms with Crippen molar-refractivity contribution in [1.82, 2.24) is 103 Å². The van der Waals surface area contributed by atoms with Gasteiger partial charge in [0.1, 0.15) is 6.17 Å². The monoisotopic (exact) mass is 1760 g/mol. The van der Waals surface area contributed by atoms with Gasteiger partial charge in [-0.15, -0.1) is 0 Å². The zero-order chi connectivity index (χ0) is 96.0. The smallest absolute Gasteiger partial charge is 0.320 e. The van der Waals surface area contributed by atoms with Gasteiger partial charge >= 0.3 is 42.2 Å². The van der Waals surface area contributed by atoms with Crippen molar-refractivity contribution in [2.75, 3.05) is 195 Å². The first kappa shape index (κ1) is 117. The quantitative estimate of drug-likeness (QED) is 0.113. The maximum atomic E-state index is 14.0. The Kier molecular flexibility index (Phi) is 52.2. The number of halogens is 1. The summed E-state index contributed by atoms with van der Waals surface area (Å²) < 4.78 is 14.0. The molecule has 7 heterocycles. The van der Waals surface area contributed by atoms with E-state index in [9.17, 15) is 43.1 Å². The fourth-order valence-electron chi connectivity index (χ4n) is 15.9. The normalized spacial score (nSPS) is 22.3.